The standard InChI is InChI=1S/C13H20N4O/c1-9-7-10(8-11(15-9)17-14)12(18)16-13(2)5-3-4-6-13/h7-8H,3-6,14H2,1-2H3,(H,15,17)(H,16,18). The van der Waals surface area contributed by atoms with E-state index < -0.39 is 0 Å². The number of carbonyl (C=O) groups is 1. The maximum atomic E-state index is 12.2. The first kappa shape index (κ1) is 12.8. The Balaban J connectivity index is 2.15. The zero-order chi connectivity index (χ0) is 13.2. The number of aromatic nitrogens is 1. The van der Waals surface area contributed by atoms with Gasteiger partial charge in [-0.1, -0.05) is 12.8 Å². The maximum Gasteiger partial charge on any atom is 0.251 e. The van der Waals surface area contributed by atoms with E-state index in [0.29, 0.717) is 11.4 Å². The molecule has 0 atom stereocenters. The van der Waals surface area contributed by atoms with Gasteiger partial charge in [-0.15, -0.1) is 0 Å². The fourth-order valence-corrected chi connectivity index (χ4v) is 2.50. The van der Waals surface area contributed by atoms with Gasteiger partial charge in [0.05, 0.1) is 0 Å². The van der Waals surface area contributed by atoms with Gasteiger partial charge >= 0.3 is 0 Å². The normalized spacial score (nSPS) is 17.5. The number of pyridine rings is 1. The third-order valence-electron chi connectivity index (χ3n) is 3.49. The lowest BCUT2D eigenvalue weighted by Crippen LogP contribution is -2.43. The number of nitrogens with zero attached hydrogens (tertiary/aromatic N) is 1. The van der Waals surface area contributed by atoms with Crippen LogP contribution in [-0.4, -0.2) is 16.4 Å². The second-order valence-corrected chi connectivity index (χ2v) is 5.25. The summed E-state index contributed by atoms with van der Waals surface area (Å²) in [5.41, 5.74) is 3.78. The number of hydrogen-bond donors (Lipinski definition) is 3. The second kappa shape index (κ2) is 4.94. The second-order valence-electron chi connectivity index (χ2n) is 5.25. The lowest BCUT2D eigenvalue weighted by Gasteiger charge is -2.25. The third kappa shape index (κ3) is 2.79. The highest BCUT2D eigenvalue weighted by Gasteiger charge is 2.30. The van der Waals surface area contributed by atoms with Gasteiger partial charge in [0.1, 0.15) is 5.82 Å². The van der Waals surface area contributed by atoms with Crippen molar-refractivity contribution in [2.45, 2.75) is 45.1 Å². The fourth-order valence-electron chi connectivity index (χ4n) is 2.50. The van der Waals surface area contributed by atoms with Crippen LogP contribution in [0.25, 0.3) is 0 Å². The molecular formula is C13H20N4O. The van der Waals surface area contributed by atoms with Crippen molar-refractivity contribution in [2.75, 3.05) is 5.43 Å². The van der Waals surface area contributed by atoms with Crippen LogP contribution in [0.5, 0.6) is 0 Å². The highest BCUT2D eigenvalue weighted by Crippen LogP contribution is 2.29. The van der Waals surface area contributed by atoms with E-state index in [-0.39, 0.29) is 11.4 Å². The summed E-state index contributed by atoms with van der Waals surface area (Å²) in [6.45, 7) is 3.95. The molecule has 1 fully saturated rings. The maximum absolute atomic E-state index is 12.2. The van der Waals surface area contributed by atoms with Crippen LogP contribution >= 0.6 is 0 Å². The number of carbonyl (C=O) groups excluding carboxylic acids is 1. The van der Waals surface area contributed by atoms with Crippen LogP contribution in [0.3, 0.4) is 0 Å². The van der Waals surface area contributed by atoms with Crippen LogP contribution in [0.15, 0.2) is 12.1 Å². The van der Waals surface area contributed by atoms with Gasteiger partial charge in [0.25, 0.3) is 5.91 Å². The average Bonchev–Trinajstić information content (AvgIpc) is 2.74. The van der Waals surface area contributed by atoms with Crippen molar-refractivity contribution in [1.29, 1.82) is 0 Å². The largest absolute Gasteiger partial charge is 0.347 e. The monoisotopic (exact) mass is 248 g/mol. The summed E-state index contributed by atoms with van der Waals surface area (Å²) in [7, 11) is 0. The lowest BCUT2D eigenvalue weighted by atomic mass is 10.00. The van der Waals surface area contributed by atoms with Crippen molar-refractivity contribution in [2.24, 2.45) is 5.84 Å². The summed E-state index contributed by atoms with van der Waals surface area (Å²) < 4.78 is 0. The minimum atomic E-state index is -0.0649. The van der Waals surface area contributed by atoms with Gasteiger partial charge in [-0.05, 0) is 38.8 Å². The van der Waals surface area contributed by atoms with E-state index in [0.717, 1.165) is 18.5 Å². The molecule has 1 heterocycles. The molecule has 1 aromatic rings. The fraction of sp³-hybridized carbons (Fsp3) is 0.538. The predicted molar refractivity (Wildman–Crippen MR) is 71.1 cm³/mol. The van der Waals surface area contributed by atoms with Gasteiger partial charge in [0.15, 0.2) is 0 Å². The van der Waals surface area contributed by atoms with Gasteiger partial charge < -0.3 is 10.7 Å². The highest BCUT2D eigenvalue weighted by molar-refractivity contribution is 5.95. The molecule has 5 heteroatoms. The minimum Gasteiger partial charge on any atom is -0.347 e. The first-order valence-corrected chi connectivity index (χ1v) is 6.30. The average molecular weight is 248 g/mol. The molecule has 5 nitrogen and oxygen atoms in total. The summed E-state index contributed by atoms with van der Waals surface area (Å²) in [6.07, 6.45) is 4.46. The number of amides is 1. The molecule has 0 saturated heterocycles. The number of nitrogen functional groups attached to an aromatic ring is 1. The van der Waals surface area contributed by atoms with Crippen LogP contribution in [0.2, 0.25) is 0 Å². The molecule has 0 spiro atoms. The van der Waals surface area contributed by atoms with Gasteiger partial charge in [-0.25, -0.2) is 10.8 Å². The van der Waals surface area contributed by atoms with E-state index in [9.17, 15) is 4.79 Å². The first-order chi connectivity index (χ1) is 8.52. The van der Waals surface area contributed by atoms with Crippen LogP contribution in [0.1, 0.15) is 48.7 Å². The molecule has 1 amide bonds. The molecule has 18 heavy (non-hydrogen) atoms. The van der Waals surface area contributed by atoms with Crippen LogP contribution in [0, 0.1) is 6.92 Å². The van der Waals surface area contributed by atoms with Crippen LogP contribution in [0.4, 0.5) is 5.82 Å². The number of rotatable bonds is 3. The van der Waals surface area contributed by atoms with Crippen molar-refractivity contribution >= 4 is 11.7 Å². The van der Waals surface area contributed by atoms with E-state index >= 15 is 0 Å². The van der Waals surface area contributed by atoms with Crippen LogP contribution in [-0.2, 0) is 0 Å². The molecule has 0 unspecified atom stereocenters. The molecule has 1 aliphatic rings. The van der Waals surface area contributed by atoms with Gasteiger partial charge in [0, 0.05) is 16.8 Å². The topological polar surface area (TPSA) is 80.0 Å². The molecule has 0 radical (unpaired) electrons. The Labute approximate surface area is 107 Å². The summed E-state index contributed by atoms with van der Waals surface area (Å²) in [4.78, 5) is 16.4. The molecule has 1 aliphatic carbocycles. The number of anilines is 1. The van der Waals surface area contributed by atoms with E-state index in [1.54, 1.807) is 12.1 Å². The van der Waals surface area contributed by atoms with Crippen molar-refractivity contribution in [3.63, 3.8) is 0 Å². The number of nitrogens with one attached hydrogen (secondary N) is 2. The van der Waals surface area contributed by atoms with E-state index in [1.165, 1.54) is 12.8 Å². The summed E-state index contributed by atoms with van der Waals surface area (Å²) in [5.74, 6) is 5.79. The predicted octanol–water partition coefficient (Wildman–Crippen LogP) is 1.74. The zero-order valence-electron chi connectivity index (χ0n) is 10.9. The van der Waals surface area contributed by atoms with Crippen molar-refractivity contribution < 1.29 is 4.79 Å². The van der Waals surface area contributed by atoms with E-state index in [4.69, 9.17) is 5.84 Å². The highest BCUT2D eigenvalue weighted by atomic mass is 16.1. The number of hydrogen-bond acceptors (Lipinski definition) is 4. The van der Waals surface area contributed by atoms with Gasteiger partial charge in [-0.3, -0.25) is 4.79 Å². The quantitative estimate of drug-likeness (QED) is 0.562. The Bertz CT molecular complexity index is 452. The Morgan fingerprint density at radius 3 is 2.67 bits per heavy atom. The van der Waals surface area contributed by atoms with Crippen molar-refractivity contribution in [1.82, 2.24) is 10.3 Å². The molecule has 4 N–H and O–H groups in total. The van der Waals surface area contributed by atoms with Gasteiger partial charge in [0.2, 0.25) is 0 Å². The molecular weight excluding hydrogens is 228 g/mol. The zero-order valence-corrected chi connectivity index (χ0v) is 10.9. The summed E-state index contributed by atoms with van der Waals surface area (Å²) in [5, 5.41) is 3.11. The molecule has 0 aromatic carbocycles. The molecule has 98 valence electrons. The Kier molecular flexibility index (Phi) is 3.52. The van der Waals surface area contributed by atoms with Crippen molar-refractivity contribution in [3.05, 3.63) is 23.4 Å². The van der Waals surface area contributed by atoms with Gasteiger partial charge in [-0.2, -0.15) is 0 Å². The Morgan fingerprint density at radius 2 is 2.06 bits per heavy atom. The van der Waals surface area contributed by atoms with E-state index in [2.05, 4.69) is 22.7 Å². The number of hydrazine groups is 1. The third-order valence-corrected chi connectivity index (χ3v) is 3.49. The molecule has 1 saturated carbocycles. The summed E-state index contributed by atoms with van der Waals surface area (Å²) in [6, 6.07) is 3.44. The van der Waals surface area contributed by atoms with E-state index in [1.807, 2.05) is 6.92 Å². The Morgan fingerprint density at radius 1 is 1.39 bits per heavy atom. The first-order valence-electron chi connectivity index (χ1n) is 6.30. The molecule has 1 aromatic heterocycles. The molecule has 0 bridgehead atoms. The lowest BCUT2D eigenvalue weighted by molar-refractivity contribution is 0.0908. The van der Waals surface area contributed by atoms with Crippen LogP contribution < -0.4 is 16.6 Å². The minimum absolute atomic E-state index is 0.0543. The SMILES string of the molecule is Cc1cc(C(=O)NC2(C)CCCC2)cc(NN)n1. The Hall–Kier alpha value is -1.62. The summed E-state index contributed by atoms with van der Waals surface area (Å²) >= 11 is 0. The molecule has 0 aliphatic heterocycles. The smallest absolute Gasteiger partial charge is 0.251 e. The molecule has 2 rings (SSSR count). The number of aryl methyl sites for hydroxylation is 1. The van der Waals surface area contributed by atoms with Crippen molar-refractivity contribution in [3.8, 4) is 0 Å². The number of nitrogens with two attached hydrogens (primary N) is 1.